The Morgan fingerprint density at radius 2 is 2.00 bits per heavy atom. The van der Waals surface area contributed by atoms with E-state index in [0.717, 1.165) is 23.4 Å². The highest BCUT2D eigenvalue weighted by Gasteiger charge is 2.13. The first-order valence-corrected chi connectivity index (χ1v) is 7.57. The number of nitrogens with one attached hydrogen (secondary N) is 1. The third-order valence-electron chi connectivity index (χ3n) is 3.22. The molecule has 0 amide bonds. The summed E-state index contributed by atoms with van der Waals surface area (Å²) in [6.45, 7) is 7.22. The molecule has 0 aliphatic heterocycles. The van der Waals surface area contributed by atoms with Crippen LogP contribution in [0.25, 0.3) is 10.4 Å². The second-order valence-electron chi connectivity index (χ2n) is 4.70. The summed E-state index contributed by atoms with van der Waals surface area (Å²) in [6, 6.07) is 9.78. The fourth-order valence-electron chi connectivity index (χ4n) is 2.21. The predicted molar refractivity (Wildman–Crippen MR) is 81.2 cm³/mol. The second kappa shape index (κ2) is 6.31. The number of hydrogen-bond acceptors (Lipinski definition) is 2. The van der Waals surface area contributed by atoms with Crippen LogP contribution in [0.3, 0.4) is 0 Å². The first-order valence-electron chi connectivity index (χ1n) is 6.75. The lowest BCUT2D eigenvalue weighted by molar-refractivity contribution is 0.545. The fourth-order valence-corrected chi connectivity index (χ4v) is 3.39. The van der Waals surface area contributed by atoms with Crippen molar-refractivity contribution in [1.29, 1.82) is 0 Å². The Labute approximate surface area is 118 Å². The van der Waals surface area contributed by atoms with Crippen molar-refractivity contribution >= 4 is 11.3 Å². The molecule has 1 aromatic heterocycles. The van der Waals surface area contributed by atoms with Gasteiger partial charge in [-0.25, -0.2) is 4.39 Å². The molecule has 1 heterocycles. The highest BCUT2D eigenvalue weighted by atomic mass is 32.1. The molecule has 1 unspecified atom stereocenters. The van der Waals surface area contributed by atoms with E-state index in [2.05, 4.69) is 25.2 Å². The molecular formula is C16H20FNS. The molecule has 1 aromatic carbocycles. The third kappa shape index (κ3) is 3.23. The number of benzene rings is 1. The van der Waals surface area contributed by atoms with E-state index in [4.69, 9.17) is 0 Å². The van der Waals surface area contributed by atoms with Gasteiger partial charge >= 0.3 is 0 Å². The van der Waals surface area contributed by atoms with Crippen LogP contribution in [-0.2, 0) is 0 Å². The minimum absolute atomic E-state index is 0.143. The smallest absolute Gasteiger partial charge is 0.131 e. The first-order chi connectivity index (χ1) is 9.15. The van der Waals surface area contributed by atoms with Gasteiger partial charge in [0.1, 0.15) is 5.82 Å². The van der Waals surface area contributed by atoms with Crippen LogP contribution < -0.4 is 5.32 Å². The van der Waals surface area contributed by atoms with Gasteiger partial charge < -0.3 is 5.32 Å². The van der Waals surface area contributed by atoms with Gasteiger partial charge in [-0.15, -0.1) is 11.3 Å². The average Bonchev–Trinajstić information content (AvgIpc) is 2.88. The monoisotopic (exact) mass is 277 g/mol. The van der Waals surface area contributed by atoms with Crippen molar-refractivity contribution < 1.29 is 4.39 Å². The standard InChI is InChI=1S/C16H20FNS/c1-4-14(18-5-2)16-9-8-15(19-16)12-10-11(3)6-7-13(12)17/h6-10,14,18H,4-5H2,1-3H3. The van der Waals surface area contributed by atoms with E-state index >= 15 is 0 Å². The van der Waals surface area contributed by atoms with Gasteiger partial charge in [0.25, 0.3) is 0 Å². The molecule has 0 fully saturated rings. The molecule has 1 N–H and O–H groups in total. The lowest BCUT2D eigenvalue weighted by Crippen LogP contribution is -2.18. The molecule has 102 valence electrons. The normalized spacial score (nSPS) is 12.6. The molecule has 0 aliphatic carbocycles. The Morgan fingerprint density at radius 3 is 2.68 bits per heavy atom. The van der Waals surface area contributed by atoms with Crippen molar-refractivity contribution in [3.05, 3.63) is 46.6 Å². The number of hydrogen-bond donors (Lipinski definition) is 1. The van der Waals surface area contributed by atoms with Gasteiger partial charge in [0, 0.05) is 21.4 Å². The van der Waals surface area contributed by atoms with E-state index in [1.54, 1.807) is 23.5 Å². The van der Waals surface area contributed by atoms with Gasteiger partial charge in [-0.2, -0.15) is 0 Å². The van der Waals surface area contributed by atoms with E-state index in [1.807, 2.05) is 19.1 Å². The maximum atomic E-state index is 13.9. The quantitative estimate of drug-likeness (QED) is 0.817. The Hall–Kier alpha value is -1.19. The zero-order valence-electron chi connectivity index (χ0n) is 11.7. The number of thiophene rings is 1. The maximum absolute atomic E-state index is 13.9. The Bertz CT molecular complexity index is 547. The van der Waals surface area contributed by atoms with Crippen molar-refractivity contribution in [3.8, 4) is 10.4 Å². The van der Waals surface area contributed by atoms with Crippen molar-refractivity contribution in [1.82, 2.24) is 5.32 Å². The largest absolute Gasteiger partial charge is 0.310 e. The van der Waals surface area contributed by atoms with E-state index in [1.165, 1.54) is 4.88 Å². The van der Waals surface area contributed by atoms with Gasteiger partial charge in [-0.05, 0) is 44.2 Å². The second-order valence-corrected chi connectivity index (χ2v) is 5.82. The molecule has 3 heteroatoms. The fraction of sp³-hybridized carbons (Fsp3) is 0.375. The SMILES string of the molecule is CCNC(CC)c1ccc(-c2cc(C)ccc2F)s1. The molecule has 0 bridgehead atoms. The molecule has 1 atom stereocenters. The van der Waals surface area contributed by atoms with Crippen molar-refractivity contribution in [2.45, 2.75) is 33.2 Å². The van der Waals surface area contributed by atoms with Crippen LogP contribution >= 0.6 is 11.3 Å². The summed E-state index contributed by atoms with van der Waals surface area (Å²) in [5.74, 6) is -0.143. The summed E-state index contributed by atoms with van der Waals surface area (Å²) in [5.41, 5.74) is 1.80. The van der Waals surface area contributed by atoms with Gasteiger partial charge in [-0.3, -0.25) is 0 Å². The van der Waals surface area contributed by atoms with Crippen LogP contribution in [-0.4, -0.2) is 6.54 Å². The topological polar surface area (TPSA) is 12.0 Å². The maximum Gasteiger partial charge on any atom is 0.131 e. The van der Waals surface area contributed by atoms with Crippen LogP contribution in [0.5, 0.6) is 0 Å². The summed E-state index contributed by atoms with van der Waals surface area (Å²) in [4.78, 5) is 2.29. The van der Waals surface area contributed by atoms with E-state index in [-0.39, 0.29) is 5.82 Å². The molecule has 2 rings (SSSR count). The summed E-state index contributed by atoms with van der Waals surface area (Å²) < 4.78 is 13.9. The highest BCUT2D eigenvalue weighted by molar-refractivity contribution is 7.15. The summed E-state index contributed by atoms with van der Waals surface area (Å²) in [6.07, 6.45) is 1.05. The lowest BCUT2D eigenvalue weighted by Gasteiger charge is -2.13. The summed E-state index contributed by atoms with van der Waals surface area (Å²) in [5, 5.41) is 3.46. The molecule has 2 aromatic rings. The highest BCUT2D eigenvalue weighted by Crippen LogP contribution is 2.34. The third-order valence-corrected chi connectivity index (χ3v) is 4.45. The van der Waals surface area contributed by atoms with Gasteiger partial charge in [-0.1, -0.05) is 25.5 Å². The Kier molecular flexibility index (Phi) is 4.72. The van der Waals surface area contributed by atoms with Crippen LogP contribution in [0.4, 0.5) is 4.39 Å². The van der Waals surface area contributed by atoms with Crippen molar-refractivity contribution in [2.75, 3.05) is 6.54 Å². The van der Waals surface area contributed by atoms with Crippen LogP contribution in [0.1, 0.15) is 36.8 Å². The van der Waals surface area contributed by atoms with E-state index < -0.39 is 0 Å². The zero-order valence-corrected chi connectivity index (χ0v) is 12.5. The van der Waals surface area contributed by atoms with Crippen molar-refractivity contribution in [3.63, 3.8) is 0 Å². The zero-order chi connectivity index (χ0) is 13.8. The minimum atomic E-state index is -0.143. The molecule has 0 saturated heterocycles. The van der Waals surface area contributed by atoms with E-state index in [0.29, 0.717) is 11.6 Å². The molecular weight excluding hydrogens is 257 g/mol. The van der Waals surface area contributed by atoms with Crippen LogP contribution in [0.2, 0.25) is 0 Å². The molecule has 0 saturated carbocycles. The van der Waals surface area contributed by atoms with Crippen LogP contribution in [0.15, 0.2) is 30.3 Å². The van der Waals surface area contributed by atoms with Crippen LogP contribution in [0, 0.1) is 12.7 Å². The Balaban J connectivity index is 2.32. The first kappa shape index (κ1) is 14.2. The predicted octanol–water partition coefficient (Wildman–Crippen LogP) is 4.92. The number of halogens is 1. The molecule has 0 spiro atoms. The summed E-state index contributed by atoms with van der Waals surface area (Å²) >= 11 is 1.68. The van der Waals surface area contributed by atoms with Gasteiger partial charge in [0.2, 0.25) is 0 Å². The van der Waals surface area contributed by atoms with Gasteiger partial charge in [0.15, 0.2) is 0 Å². The van der Waals surface area contributed by atoms with E-state index in [9.17, 15) is 4.39 Å². The van der Waals surface area contributed by atoms with Gasteiger partial charge in [0.05, 0.1) is 0 Å². The molecule has 19 heavy (non-hydrogen) atoms. The molecule has 0 aliphatic rings. The Morgan fingerprint density at radius 1 is 1.21 bits per heavy atom. The van der Waals surface area contributed by atoms with Crippen molar-refractivity contribution in [2.24, 2.45) is 0 Å². The molecule has 1 nitrogen and oxygen atoms in total. The minimum Gasteiger partial charge on any atom is -0.310 e. The summed E-state index contributed by atoms with van der Waals surface area (Å²) in [7, 11) is 0. The average molecular weight is 277 g/mol. The number of aryl methyl sites for hydroxylation is 1. The number of rotatable bonds is 5. The lowest BCUT2D eigenvalue weighted by atomic mass is 10.1. The molecule has 0 radical (unpaired) electrons.